The van der Waals surface area contributed by atoms with Crippen molar-refractivity contribution in [3.05, 3.63) is 6.20 Å². The minimum Gasteiger partial charge on any atom is -0.412 e. The van der Waals surface area contributed by atoms with Crippen molar-refractivity contribution < 1.29 is 22.3 Å². The Morgan fingerprint density at radius 3 is 2.50 bits per heavy atom. The molecule has 3 heterocycles. The molecule has 0 atom stereocenters. The lowest BCUT2D eigenvalue weighted by Gasteiger charge is -1.99. The van der Waals surface area contributed by atoms with Crippen LogP contribution in [-0.2, 0) is 10.4 Å². The molecule has 0 saturated carbocycles. The maximum atomic E-state index is 10.9. The van der Waals surface area contributed by atoms with Gasteiger partial charge in [-0.15, -0.1) is 8.42 Å². The third kappa shape index (κ3) is 1.38. The first-order chi connectivity index (χ1) is 5.99. The Balaban J connectivity index is 0.000000980. The van der Waals surface area contributed by atoms with Gasteiger partial charge in [-0.3, -0.25) is 0 Å². The molecule has 6 N–H and O–H groups in total. The van der Waals surface area contributed by atoms with Crippen LogP contribution in [0.5, 0.6) is 11.6 Å². The van der Waals surface area contributed by atoms with Gasteiger partial charge in [0.1, 0.15) is 11.4 Å². The number of nitrogens with two attached hydrogens (primary N) is 2. The molecule has 0 aliphatic carbocycles. The SMILES string of the molecule is Nc1c2cnc(c1N)OS(=O)(=O)O2.O. The van der Waals surface area contributed by atoms with Crippen molar-refractivity contribution in [2.24, 2.45) is 0 Å². The summed E-state index contributed by atoms with van der Waals surface area (Å²) in [7, 11) is -4.12. The summed E-state index contributed by atoms with van der Waals surface area (Å²) in [5, 5.41) is 0. The first-order valence-electron chi connectivity index (χ1n) is 3.17. The number of nitrogens with zero attached hydrogens (tertiary/aromatic N) is 1. The third-order valence-electron chi connectivity index (χ3n) is 1.46. The van der Waals surface area contributed by atoms with Crippen molar-refractivity contribution in [2.75, 3.05) is 11.5 Å². The van der Waals surface area contributed by atoms with E-state index in [1.807, 2.05) is 0 Å². The van der Waals surface area contributed by atoms with E-state index in [1.54, 1.807) is 0 Å². The zero-order valence-corrected chi connectivity index (χ0v) is 7.54. The molecule has 2 aliphatic rings. The van der Waals surface area contributed by atoms with Crippen LogP contribution in [0.15, 0.2) is 6.20 Å². The van der Waals surface area contributed by atoms with Crippen LogP contribution in [0, 0.1) is 0 Å². The second-order valence-electron chi connectivity index (χ2n) is 2.33. The number of fused-ring (bicyclic) bond motifs is 4. The average Bonchev–Trinajstić information content (AvgIpc) is 2.22. The largest absolute Gasteiger partial charge is 0.502 e. The predicted octanol–water partition coefficient (Wildman–Crippen LogP) is -1.56. The summed E-state index contributed by atoms with van der Waals surface area (Å²) in [4.78, 5) is 3.58. The molecule has 0 spiro atoms. The van der Waals surface area contributed by atoms with Crippen LogP contribution in [0.25, 0.3) is 0 Å². The van der Waals surface area contributed by atoms with Gasteiger partial charge in [0.05, 0.1) is 6.20 Å². The molecule has 2 aliphatic heterocycles. The molecule has 0 fully saturated rings. The van der Waals surface area contributed by atoms with Crippen molar-refractivity contribution in [1.82, 2.24) is 4.98 Å². The number of nitrogen functional groups attached to an aromatic ring is 2. The second kappa shape index (κ2) is 2.89. The highest BCUT2D eigenvalue weighted by Crippen LogP contribution is 2.37. The molecule has 0 radical (unpaired) electrons. The van der Waals surface area contributed by atoms with E-state index >= 15 is 0 Å². The van der Waals surface area contributed by atoms with Crippen molar-refractivity contribution in [1.29, 1.82) is 0 Å². The molecule has 0 aromatic carbocycles. The number of hydrogen-bond acceptors (Lipinski definition) is 7. The monoisotopic (exact) mass is 221 g/mol. The molecule has 0 saturated heterocycles. The van der Waals surface area contributed by atoms with Gasteiger partial charge in [0.2, 0.25) is 0 Å². The van der Waals surface area contributed by atoms with E-state index in [0.717, 1.165) is 6.20 Å². The molecular weight excluding hydrogens is 214 g/mol. The van der Waals surface area contributed by atoms with Gasteiger partial charge in [0.25, 0.3) is 5.88 Å². The second-order valence-corrected chi connectivity index (χ2v) is 3.48. The molecular formula is C5H7N3O5S. The van der Waals surface area contributed by atoms with Gasteiger partial charge in [-0.05, 0) is 0 Å². The van der Waals surface area contributed by atoms with E-state index in [0.29, 0.717) is 0 Å². The minimum atomic E-state index is -4.12. The highest BCUT2D eigenvalue weighted by atomic mass is 32.3. The lowest BCUT2D eigenvalue weighted by molar-refractivity contribution is 0.398. The van der Waals surface area contributed by atoms with Gasteiger partial charge in [-0.1, -0.05) is 0 Å². The van der Waals surface area contributed by atoms with Crippen LogP contribution in [-0.4, -0.2) is 18.9 Å². The van der Waals surface area contributed by atoms with E-state index in [4.69, 9.17) is 11.5 Å². The summed E-state index contributed by atoms with van der Waals surface area (Å²) in [6.45, 7) is 0. The Bertz CT molecular complexity index is 434. The van der Waals surface area contributed by atoms with Crippen LogP contribution >= 0.6 is 0 Å². The minimum absolute atomic E-state index is 0. The maximum absolute atomic E-state index is 10.9. The number of pyridine rings is 1. The van der Waals surface area contributed by atoms with Crippen molar-refractivity contribution >= 4 is 21.8 Å². The van der Waals surface area contributed by atoms with E-state index in [-0.39, 0.29) is 28.5 Å². The summed E-state index contributed by atoms with van der Waals surface area (Å²) in [5.41, 5.74) is 10.8. The van der Waals surface area contributed by atoms with Gasteiger partial charge in [0, 0.05) is 0 Å². The predicted molar refractivity (Wildman–Crippen MR) is 46.9 cm³/mol. The Labute approximate surface area is 79.1 Å². The highest BCUT2D eigenvalue weighted by molar-refractivity contribution is 7.82. The van der Waals surface area contributed by atoms with Crippen molar-refractivity contribution in [3.63, 3.8) is 0 Å². The molecule has 9 heteroatoms. The van der Waals surface area contributed by atoms with Gasteiger partial charge < -0.3 is 25.3 Å². The molecule has 8 nitrogen and oxygen atoms in total. The van der Waals surface area contributed by atoms with Gasteiger partial charge in [-0.25, -0.2) is 4.98 Å². The molecule has 14 heavy (non-hydrogen) atoms. The van der Waals surface area contributed by atoms with Gasteiger partial charge >= 0.3 is 10.4 Å². The Hall–Kier alpha value is -1.74. The third-order valence-corrected chi connectivity index (χ3v) is 2.20. The molecule has 3 rings (SSSR count). The normalized spacial score (nSPS) is 16.0. The molecule has 2 bridgehead atoms. The Morgan fingerprint density at radius 2 is 1.86 bits per heavy atom. The maximum Gasteiger partial charge on any atom is 0.502 e. The summed E-state index contributed by atoms with van der Waals surface area (Å²) in [6, 6.07) is 0. The molecule has 78 valence electrons. The highest BCUT2D eigenvalue weighted by Gasteiger charge is 2.27. The zero-order chi connectivity index (χ0) is 9.64. The van der Waals surface area contributed by atoms with E-state index < -0.39 is 10.4 Å². The number of hydrogen-bond donors (Lipinski definition) is 2. The van der Waals surface area contributed by atoms with Crippen LogP contribution in [0.3, 0.4) is 0 Å². The Kier molecular flexibility index (Phi) is 2.13. The van der Waals surface area contributed by atoms with E-state index in [1.165, 1.54) is 0 Å². The number of anilines is 2. The zero-order valence-electron chi connectivity index (χ0n) is 6.72. The number of rotatable bonds is 0. The topological polar surface area (TPSA) is 149 Å². The van der Waals surface area contributed by atoms with Gasteiger partial charge in [-0.2, -0.15) is 0 Å². The van der Waals surface area contributed by atoms with Crippen LogP contribution in [0.4, 0.5) is 11.4 Å². The lowest BCUT2D eigenvalue weighted by Crippen LogP contribution is -2.14. The summed E-state index contributed by atoms with van der Waals surface area (Å²) in [5.74, 6) is -0.391. The van der Waals surface area contributed by atoms with E-state index in [2.05, 4.69) is 13.4 Å². The van der Waals surface area contributed by atoms with Crippen LogP contribution in [0.1, 0.15) is 0 Å². The van der Waals surface area contributed by atoms with Crippen molar-refractivity contribution in [3.8, 4) is 11.6 Å². The lowest BCUT2D eigenvalue weighted by atomic mass is 10.3. The smallest absolute Gasteiger partial charge is 0.412 e. The molecule has 1 aromatic rings. The van der Waals surface area contributed by atoms with E-state index in [9.17, 15) is 8.42 Å². The molecule has 0 amide bonds. The van der Waals surface area contributed by atoms with Crippen molar-refractivity contribution in [2.45, 2.75) is 0 Å². The Morgan fingerprint density at radius 1 is 1.21 bits per heavy atom. The fraction of sp³-hybridized carbons (Fsp3) is 0. The molecule has 1 aromatic heterocycles. The summed E-state index contributed by atoms with van der Waals surface area (Å²) >= 11 is 0. The molecule has 0 unspecified atom stereocenters. The van der Waals surface area contributed by atoms with Crippen LogP contribution in [0.2, 0.25) is 0 Å². The quantitative estimate of drug-likeness (QED) is 0.537. The van der Waals surface area contributed by atoms with Gasteiger partial charge in [0.15, 0.2) is 5.75 Å². The standard InChI is InChI=1S/C5H5N3O4S.H2O/c6-3-2-1-8-5(4(3)7)12-13(9,10)11-2;/h1H,7H2,(H2,6,8);1H2. The number of aromatic nitrogens is 1. The van der Waals surface area contributed by atoms with Crippen LogP contribution < -0.4 is 19.8 Å². The fourth-order valence-corrected chi connectivity index (χ4v) is 1.57. The first kappa shape index (κ1) is 10.3. The summed E-state index contributed by atoms with van der Waals surface area (Å²) < 4.78 is 30.6. The summed E-state index contributed by atoms with van der Waals surface area (Å²) in [6.07, 6.45) is 1.13. The first-order valence-corrected chi connectivity index (χ1v) is 4.51. The average molecular weight is 221 g/mol. The fourth-order valence-electron chi connectivity index (χ4n) is 0.861.